The third-order valence-corrected chi connectivity index (χ3v) is 4.98. The van der Waals surface area contributed by atoms with E-state index in [1.165, 1.54) is 6.92 Å². The smallest absolute Gasteiger partial charge is 0.308 e. The highest BCUT2D eigenvalue weighted by molar-refractivity contribution is 6.16. The molecule has 0 saturated carbocycles. The molecule has 0 N–H and O–H groups in total. The molecule has 148 valence electrons. The number of carbonyl (C=O) groups excluding carboxylic acids is 1. The number of aliphatic imine (C=N–C) groups is 1. The van der Waals surface area contributed by atoms with E-state index in [0.717, 1.165) is 40.8 Å². The molecule has 0 aliphatic carbocycles. The van der Waals surface area contributed by atoms with E-state index in [-0.39, 0.29) is 29.5 Å². The van der Waals surface area contributed by atoms with Crippen LogP contribution in [0.3, 0.4) is 0 Å². The van der Waals surface area contributed by atoms with Crippen molar-refractivity contribution in [3.8, 4) is 11.5 Å². The third kappa shape index (κ3) is 3.66. The van der Waals surface area contributed by atoms with Crippen LogP contribution in [-0.2, 0) is 17.6 Å². The van der Waals surface area contributed by atoms with Gasteiger partial charge >= 0.3 is 5.97 Å². The average molecular weight is 400 g/mol. The topological polar surface area (TPSA) is 47.9 Å². The molecule has 2 aliphatic rings. The minimum Gasteiger partial charge on any atom is -0.483 e. The molecule has 0 radical (unpaired) electrons. The van der Waals surface area contributed by atoms with E-state index in [1.807, 2.05) is 24.3 Å². The van der Waals surface area contributed by atoms with E-state index in [0.29, 0.717) is 11.5 Å². The van der Waals surface area contributed by atoms with Gasteiger partial charge in [-0.2, -0.15) is 0 Å². The molecule has 0 bridgehead atoms. The van der Waals surface area contributed by atoms with Gasteiger partial charge in [-0.3, -0.25) is 9.79 Å². The first-order valence-electron chi connectivity index (χ1n) is 9.37. The molecule has 0 fully saturated rings. The van der Waals surface area contributed by atoms with Crippen LogP contribution in [0.2, 0.25) is 0 Å². The van der Waals surface area contributed by atoms with Crippen molar-refractivity contribution < 1.29 is 14.3 Å². The summed E-state index contributed by atoms with van der Waals surface area (Å²) in [5, 5.41) is 0. The molecule has 0 spiro atoms. The molecule has 2 aliphatic heterocycles. The van der Waals surface area contributed by atoms with Crippen LogP contribution in [0.5, 0.6) is 11.5 Å². The second-order valence-electron chi connectivity index (χ2n) is 8.66. The van der Waals surface area contributed by atoms with Crippen LogP contribution in [0.25, 0.3) is 0 Å². The van der Waals surface area contributed by atoms with Crippen molar-refractivity contribution in [2.24, 2.45) is 4.99 Å². The Morgan fingerprint density at radius 3 is 2.43 bits per heavy atom. The summed E-state index contributed by atoms with van der Waals surface area (Å²) >= 11 is 0. The molecule has 0 aromatic heterocycles. The van der Waals surface area contributed by atoms with Crippen molar-refractivity contribution in [2.75, 3.05) is 0 Å². The number of hydrogen-bond donors (Lipinski definition) is 0. The standard InChI is InChI=1S/C23H25NO3.ClH/c1-14(25)26-18-11-16-12-22(2,3)24-20(15-9-7-6-8-10-15)19(16)17-13-23(4,5)27-21(17)18;/h6-11H,12-13H2,1-5H3;1H. The maximum absolute atomic E-state index is 11.7. The van der Waals surface area contributed by atoms with Gasteiger partial charge in [-0.05, 0) is 45.7 Å². The Balaban J connectivity index is 0.00000225. The fourth-order valence-corrected chi connectivity index (χ4v) is 4.10. The lowest BCUT2D eigenvalue weighted by Gasteiger charge is -2.31. The molecular weight excluding hydrogens is 374 g/mol. The van der Waals surface area contributed by atoms with Gasteiger partial charge in [0.05, 0.1) is 11.3 Å². The van der Waals surface area contributed by atoms with Gasteiger partial charge < -0.3 is 9.47 Å². The number of fused-ring (bicyclic) bond motifs is 3. The Kier molecular flexibility index (Phi) is 5.05. The number of nitrogens with zero attached hydrogens (tertiary/aromatic N) is 1. The monoisotopic (exact) mass is 399 g/mol. The Labute approximate surface area is 172 Å². The third-order valence-electron chi connectivity index (χ3n) is 4.98. The Hall–Kier alpha value is -2.33. The highest BCUT2D eigenvalue weighted by Gasteiger charge is 2.40. The quantitative estimate of drug-likeness (QED) is 0.532. The Morgan fingerprint density at radius 2 is 1.79 bits per heavy atom. The molecule has 28 heavy (non-hydrogen) atoms. The van der Waals surface area contributed by atoms with E-state index in [4.69, 9.17) is 14.5 Å². The van der Waals surface area contributed by atoms with E-state index >= 15 is 0 Å². The second-order valence-corrected chi connectivity index (χ2v) is 8.66. The molecule has 0 atom stereocenters. The molecule has 4 rings (SSSR count). The maximum Gasteiger partial charge on any atom is 0.308 e. The molecule has 5 heteroatoms. The number of hydrogen-bond acceptors (Lipinski definition) is 4. The van der Waals surface area contributed by atoms with Crippen LogP contribution >= 0.6 is 12.4 Å². The van der Waals surface area contributed by atoms with Crippen molar-refractivity contribution in [1.29, 1.82) is 0 Å². The normalized spacial score (nSPS) is 18.1. The van der Waals surface area contributed by atoms with Crippen LogP contribution in [0.4, 0.5) is 0 Å². The molecule has 2 aromatic rings. The molecule has 0 amide bonds. The lowest BCUT2D eigenvalue weighted by Crippen LogP contribution is -2.30. The van der Waals surface area contributed by atoms with Crippen molar-refractivity contribution >= 4 is 24.1 Å². The highest BCUT2D eigenvalue weighted by Crippen LogP contribution is 2.48. The predicted octanol–water partition coefficient (Wildman–Crippen LogP) is 4.92. The second kappa shape index (κ2) is 6.93. The predicted molar refractivity (Wildman–Crippen MR) is 113 cm³/mol. The Morgan fingerprint density at radius 1 is 1.11 bits per heavy atom. The summed E-state index contributed by atoms with van der Waals surface area (Å²) in [6.45, 7) is 9.81. The van der Waals surface area contributed by atoms with Crippen molar-refractivity contribution in [1.82, 2.24) is 0 Å². The minimum atomic E-state index is -0.346. The lowest BCUT2D eigenvalue weighted by atomic mass is 9.81. The number of esters is 1. The number of benzene rings is 2. The summed E-state index contributed by atoms with van der Waals surface area (Å²) in [5.74, 6) is 0.863. The van der Waals surface area contributed by atoms with Gasteiger partial charge in [0.2, 0.25) is 0 Å². The van der Waals surface area contributed by atoms with Crippen molar-refractivity contribution in [3.05, 3.63) is 58.7 Å². The fraction of sp³-hybridized carbons (Fsp3) is 0.391. The molecule has 0 saturated heterocycles. The SMILES string of the molecule is CC(=O)Oc1cc2c(c3c1OC(C)(C)C3)C(c1ccccc1)=NC(C)(C)C2.Cl. The van der Waals surface area contributed by atoms with Gasteiger partial charge in [0.25, 0.3) is 0 Å². The molecule has 0 unspecified atom stereocenters. The minimum absolute atomic E-state index is 0. The average Bonchev–Trinajstić information content (AvgIpc) is 2.89. The van der Waals surface area contributed by atoms with Gasteiger partial charge in [0.1, 0.15) is 5.60 Å². The van der Waals surface area contributed by atoms with Gasteiger partial charge in [-0.1, -0.05) is 30.3 Å². The Bertz CT molecular complexity index is 962. The number of rotatable bonds is 2. The summed E-state index contributed by atoms with van der Waals surface area (Å²) in [6, 6.07) is 12.2. The van der Waals surface area contributed by atoms with E-state index in [9.17, 15) is 4.79 Å². The molecular formula is C23H26ClNO3. The number of carbonyl (C=O) groups is 1. The van der Waals surface area contributed by atoms with Crippen LogP contribution in [0.1, 0.15) is 56.9 Å². The van der Waals surface area contributed by atoms with Crippen LogP contribution < -0.4 is 9.47 Å². The zero-order valence-corrected chi connectivity index (χ0v) is 17.8. The zero-order valence-electron chi connectivity index (χ0n) is 17.0. The van der Waals surface area contributed by atoms with Crippen LogP contribution in [0.15, 0.2) is 41.4 Å². The summed E-state index contributed by atoms with van der Waals surface area (Å²) < 4.78 is 11.7. The van der Waals surface area contributed by atoms with E-state index < -0.39 is 0 Å². The number of ether oxygens (including phenoxy) is 2. The van der Waals surface area contributed by atoms with Crippen molar-refractivity contribution in [3.63, 3.8) is 0 Å². The molecule has 2 heterocycles. The first-order valence-corrected chi connectivity index (χ1v) is 9.37. The van der Waals surface area contributed by atoms with Crippen LogP contribution in [-0.4, -0.2) is 22.8 Å². The fourth-order valence-electron chi connectivity index (χ4n) is 4.10. The molecule has 4 nitrogen and oxygen atoms in total. The zero-order chi connectivity index (χ0) is 19.4. The van der Waals surface area contributed by atoms with Crippen LogP contribution in [0, 0.1) is 0 Å². The van der Waals surface area contributed by atoms with Gasteiger partial charge in [-0.25, -0.2) is 0 Å². The van der Waals surface area contributed by atoms with E-state index in [2.05, 4.69) is 39.8 Å². The van der Waals surface area contributed by atoms with Gasteiger partial charge in [0, 0.05) is 30.0 Å². The van der Waals surface area contributed by atoms with Crippen molar-refractivity contribution in [2.45, 2.75) is 58.6 Å². The summed E-state index contributed by atoms with van der Waals surface area (Å²) in [7, 11) is 0. The first kappa shape index (κ1) is 20.4. The van der Waals surface area contributed by atoms with Gasteiger partial charge in [0.15, 0.2) is 11.5 Å². The highest BCUT2D eigenvalue weighted by atomic mass is 35.5. The lowest BCUT2D eigenvalue weighted by molar-refractivity contribution is -0.132. The number of halogens is 1. The summed E-state index contributed by atoms with van der Waals surface area (Å²) in [5.41, 5.74) is 4.90. The van der Waals surface area contributed by atoms with E-state index in [1.54, 1.807) is 0 Å². The maximum atomic E-state index is 11.7. The first-order chi connectivity index (χ1) is 12.7. The molecule has 2 aromatic carbocycles. The van der Waals surface area contributed by atoms with Gasteiger partial charge in [-0.15, -0.1) is 12.4 Å². The summed E-state index contributed by atoms with van der Waals surface area (Å²) in [6.07, 6.45) is 1.55. The largest absolute Gasteiger partial charge is 0.483 e. The summed E-state index contributed by atoms with van der Waals surface area (Å²) in [4.78, 5) is 16.7.